The van der Waals surface area contributed by atoms with Crippen LogP contribution in [0.1, 0.15) is 31.3 Å². The SMILES string of the molecule is CC(C)(C)NC(=O)c1cnc(Nc2ccccc2F)cn1. The van der Waals surface area contributed by atoms with Crippen molar-refractivity contribution in [3.8, 4) is 0 Å². The highest BCUT2D eigenvalue weighted by Crippen LogP contribution is 2.17. The van der Waals surface area contributed by atoms with Crippen molar-refractivity contribution in [2.24, 2.45) is 0 Å². The van der Waals surface area contributed by atoms with Crippen LogP contribution in [0.3, 0.4) is 0 Å². The van der Waals surface area contributed by atoms with E-state index in [4.69, 9.17) is 0 Å². The van der Waals surface area contributed by atoms with Gasteiger partial charge in [0.1, 0.15) is 17.3 Å². The highest BCUT2D eigenvalue weighted by Gasteiger charge is 2.16. The smallest absolute Gasteiger partial charge is 0.271 e. The lowest BCUT2D eigenvalue weighted by molar-refractivity contribution is 0.0914. The molecule has 2 aromatic rings. The molecule has 0 atom stereocenters. The number of aromatic nitrogens is 2. The lowest BCUT2D eigenvalue weighted by Gasteiger charge is -2.19. The van der Waals surface area contributed by atoms with Gasteiger partial charge in [-0.15, -0.1) is 0 Å². The van der Waals surface area contributed by atoms with Gasteiger partial charge in [0.05, 0.1) is 18.1 Å². The lowest BCUT2D eigenvalue weighted by Crippen LogP contribution is -2.40. The molecular formula is C15H17FN4O. The van der Waals surface area contributed by atoms with Crippen molar-refractivity contribution in [1.82, 2.24) is 15.3 Å². The zero-order valence-corrected chi connectivity index (χ0v) is 12.1. The van der Waals surface area contributed by atoms with Crippen LogP contribution in [0, 0.1) is 5.82 Å². The topological polar surface area (TPSA) is 66.9 Å². The Morgan fingerprint density at radius 1 is 1.14 bits per heavy atom. The monoisotopic (exact) mass is 288 g/mol. The predicted octanol–water partition coefficient (Wildman–Crippen LogP) is 2.89. The minimum Gasteiger partial charge on any atom is -0.346 e. The first kappa shape index (κ1) is 14.9. The van der Waals surface area contributed by atoms with Crippen LogP contribution in [0.15, 0.2) is 36.7 Å². The molecule has 21 heavy (non-hydrogen) atoms. The first-order valence-electron chi connectivity index (χ1n) is 6.51. The molecule has 0 bridgehead atoms. The van der Waals surface area contributed by atoms with E-state index in [9.17, 15) is 9.18 Å². The fraction of sp³-hybridized carbons (Fsp3) is 0.267. The van der Waals surface area contributed by atoms with Gasteiger partial charge in [0.15, 0.2) is 0 Å². The number of hydrogen-bond donors (Lipinski definition) is 2. The van der Waals surface area contributed by atoms with E-state index in [0.717, 1.165) is 0 Å². The molecule has 1 aromatic heterocycles. The maximum Gasteiger partial charge on any atom is 0.271 e. The molecule has 1 aromatic carbocycles. The minimum atomic E-state index is -0.381. The van der Waals surface area contributed by atoms with Crippen molar-refractivity contribution in [1.29, 1.82) is 0 Å². The Balaban J connectivity index is 2.09. The van der Waals surface area contributed by atoms with Gasteiger partial charge in [-0.25, -0.2) is 14.4 Å². The molecule has 0 fully saturated rings. The van der Waals surface area contributed by atoms with E-state index < -0.39 is 0 Å². The number of anilines is 2. The maximum atomic E-state index is 13.5. The lowest BCUT2D eigenvalue weighted by atomic mass is 10.1. The van der Waals surface area contributed by atoms with E-state index in [1.807, 2.05) is 20.8 Å². The maximum absolute atomic E-state index is 13.5. The standard InChI is InChI=1S/C15H17FN4O/c1-15(2,3)20-14(21)12-8-18-13(9-17-12)19-11-7-5-4-6-10(11)16/h4-9H,1-3H3,(H,18,19)(H,20,21). The molecule has 0 aliphatic heterocycles. The molecule has 0 aliphatic rings. The number of halogens is 1. The van der Waals surface area contributed by atoms with Crippen molar-refractivity contribution in [2.45, 2.75) is 26.3 Å². The second-order valence-electron chi connectivity index (χ2n) is 5.60. The molecule has 1 amide bonds. The van der Waals surface area contributed by atoms with E-state index >= 15 is 0 Å². The minimum absolute atomic E-state index is 0.212. The Kier molecular flexibility index (Phi) is 4.16. The van der Waals surface area contributed by atoms with Gasteiger partial charge < -0.3 is 10.6 Å². The molecule has 5 nitrogen and oxygen atoms in total. The van der Waals surface area contributed by atoms with Gasteiger partial charge in [-0.05, 0) is 32.9 Å². The van der Waals surface area contributed by atoms with Gasteiger partial charge in [-0.3, -0.25) is 4.79 Å². The van der Waals surface area contributed by atoms with Crippen LogP contribution < -0.4 is 10.6 Å². The summed E-state index contributed by atoms with van der Waals surface area (Å²) in [7, 11) is 0. The van der Waals surface area contributed by atoms with Crippen molar-refractivity contribution < 1.29 is 9.18 Å². The van der Waals surface area contributed by atoms with Crippen LogP contribution in [0.5, 0.6) is 0 Å². The summed E-state index contributed by atoms with van der Waals surface area (Å²) in [6.45, 7) is 5.64. The van der Waals surface area contributed by atoms with Crippen molar-refractivity contribution >= 4 is 17.4 Å². The number of carbonyl (C=O) groups is 1. The second kappa shape index (κ2) is 5.87. The van der Waals surface area contributed by atoms with Crippen molar-refractivity contribution in [3.63, 3.8) is 0 Å². The van der Waals surface area contributed by atoms with E-state index in [0.29, 0.717) is 11.5 Å². The quantitative estimate of drug-likeness (QED) is 0.911. The van der Waals surface area contributed by atoms with Crippen LogP contribution >= 0.6 is 0 Å². The zero-order valence-electron chi connectivity index (χ0n) is 12.1. The number of carbonyl (C=O) groups excluding carboxylic acids is 1. The van der Waals surface area contributed by atoms with Crippen molar-refractivity contribution in [2.75, 3.05) is 5.32 Å². The molecule has 6 heteroatoms. The Hall–Kier alpha value is -2.50. The summed E-state index contributed by atoms with van der Waals surface area (Å²) in [5.74, 6) is -0.311. The van der Waals surface area contributed by atoms with Gasteiger partial charge in [-0.2, -0.15) is 0 Å². The Morgan fingerprint density at radius 2 is 1.86 bits per heavy atom. The fourth-order valence-corrected chi connectivity index (χ4v) is 1.62. The van der Waals surface area contributed by atoms with Crippen LogP contribution in [0.4, 0.5) is 15.9 Å². The highest BCUT2D eigenvalue weighted by atomic mass is 19.1. The van der Waals surface area contributed by atoms with Crippen molar-refractivity contribution in [3.05, 3.63) is 48.2 Å². The molecule has 1 heterocycles. The largest absolute Gasteiger partial charge is 0.346 e. The summed E-state index contributed by atoms with van der Waals surface area (Å²) in [5.41, 5.74) is 0.172. The summed E-state index contributed by atoms with van der Waals surface area (Å²) < 4.78 is 13.5. The molecule has 0 aliphatic carbocycles. The fourth-order valence-electron chi connectivity index (χ4n) is 1.62. The summed E-state index contributed by atoms with van der Waals surface area (Å²) in [5, 5.41) is 5.60. The number of benzene rings is 1. The number of hydrogen-bond acceptors (Lipinski definition) is 4. The molecule has 110 valence electrons. The molecule has 0 spiro atoms. The van der Waals surface area contributed by atoms with Crippen LogP contribution in [0.2, 0.25) is 0 Å². The van der Waals surface area contributed by atoms with Gasteiger partial charge in [0.2, 0.25) is 0 Å². The Bertz CT molecular complexity index is 635. The molecule has 2 rings (SSSR count). The Labute approximate surface area is 122 Å². The van der Waals surface area contributed by atoms with E-state index in [1.165, 1.54) is 18.5 Å². The summed E-state index contributed by atoms with van der Waals surface area (Å²) >= 11 is 0. The molecule has 0 radical (unpaired) electrons. The molecule has 0 unspecified atom stereocenters. The predicted molar refractivity (Wildman–Crippen MR) is 78.9 cm³/mol. The third-order valence-corrected chi connectivity index (χ3v) is 2.51. The molecule has 0 saturated carbocycles. The summed E-state index contributed by atoms with van der Waals surface area (Å²) in [6.07, 6.45) is 2.74. The highest BCUT2D eigenvalue weighted by molar-refractivity contribution is 5.92. The number of nitrogens with one attached hydrogen (secondary N) is 2. The zero-order chi connectivity index (χ0) is 15.5. The van der Waals surface area contributed by atoms with Gasteiger partial charge in [0, 0.05) is 5.54 Å². The summed E-state index contributed by atoms with van der Waals surface area (Å²) in [4.78, 5) is 20.0. The molecule has 0 saturated heterocycles. The third-order valence-electron chi connectivity index (χ3n) is 2.51. The van der Waals surface area contributed by atoms with Gasteiger partial charge >= 0.3 is 0 Å². The van der Waals surface area contributed by atoms with Crippen LogP contribution in [-0.4, -0.2) is 21.4 Å². The van der Waals surface area contributed by atoms with Gasteiger partial charge in [0.25, 0.3) is 5.91 Å². The second-order valence-corrected chi connectivity index (χ2v) is 5.60. The summed E-state index contributed by atoms with van der Waals surface area (Å²) in [6, 6.07) is 6.26. The average molecular weight is 288 g/mol. The first-order chi connectivity index (χ1) is 9.85. The first-order valence-corrected chi connectivity index (χ1v) is 6.51. The molecular weight excluding hydrogens is 271 g/mol. The number of para-hydroxylation sites is 1. The van der Waals surface area contributed by atoms with E-state index in [2.05, 4.69) is 20.6 Å². The average Bonchev–Trinajstić information content (AvgIpc) is 2.40. The molecule has 2 N–H and O–H groups in total. The van der Waals surface area contributed by atoms with E-state index in [-0.39, 0.29) is 23.0 Å². The van der Waals surface area contributed by atoms with E-state index in [1.54, 1.807) is 18.2 Å². The third kappa shape index (κ3) is 4.24. The van der Waals surface area contributed by atoms with Gasteiger partial charge in [-0.1, -0.05) is 12.1 Å². The number of nitrogens with zero attached hydrogens (tertiary/aromatic N) is 2. The normalized spacial score (nSPS) is 11.0. The number of rotatable bonds is 3. The van der Waals surface area contributed by atoms with Crippen LogP contribution in [-0.2, 0) is 0 Å². The Morgan fingerprint density at radius 3 is 2.43 bits per heavy atom. The number of amides is 1. The van der Waals surface area contributed by atoms with Crippen LogP contribution in [0.25, 0.3) is 0 Å².